The van der Waals surface area contributed by atoms with Gasteiger partial charge in [0.1, 0.15) is 5.82 Å². The topological polar surface area (TPSA) is 79.4 Å². The van der Waals surface area contributed by atoms with Crippen molar-refractivity contribution in [2.45, 2.75) is 0 Å². The van der Waals surface area contributed by atoms with Crippen LogP contribution in [0, 0.1) is 0 Å². The molecule has 1 N–H and O–H groups in total. The third-order valence-electron chi connectivity index (χ3n) is 2.95. The summed E-state index contributed by atoms with van der Waals surface area (Å²) in [6.45, 7) is 0.466. The van der Waals surface area contributed by atoms with Crippen molar-refractivity contribution in [3.05, 3.63) is 22.3 Å². The van der Waals surface area contributed by atoms with Crippen molar-refractivity contribution in [2.75, 3.05) is 37.0 Å². The van der Waals surface area contributed by atoms with Crippen LogP contribution in [0.4, 0.5) is 5.82 Å². The van der Waals surface area contributed by atoms with Crippen LogP contribution in [-0.2, 0) is 9.84 Å². The molecule has 2 heterocycles. The molecule has 19 heavy (non-hydrogen) atoms. The number of amides is 1. The number of aromatic nitrogens is 1. The fraction of sp³-hybridized carbons (Fsp3) is 0.455. The molecular weight excluding hydrogens is 334 g/mol. The van der Waals surface area contributed by atoms with Crippen molar-refractivity contribution in [3.8, 4) is 0 Å². The van der Waals surface area contributed by atoms with Gasteiger partial charge in [-0.1, -0.05) is 0 Å². The molecule has 1 aliphatic heterocycles. The first-order chi connectivity index (χ1) is 8.93. The first-order valence-electron chi connectivity index (χ1n) is 5.76. The Balaban J connectivity index is 2.23. The fourth-order valence-corrected chi connectivity index (χ4v) is 3.42. The van der Waals surface area contributed by atoms with E-state index in [2.05, 4.69) is 26.2 Å². The van der Waals surface area contributed by atoms with E-state index in [1.165, 1.54) is 0 Å². The van der Waals surface area contributed by atoms with Crippen molar-refractivity contribution in [1.29, 1.82) is 0 Å². The van der Waals surface area contributed by atoms with Crippen LogP contribution in [0.3, 0.4) is 0 Å². The van der Waals surface area contributed by atoms with Crippen LogP contribution in [0.1, 0.15) is 10.4 Å². The number of halogens is 1. The molecule has 1 aromatic heterocycles. The van der Waals surface area contributed by atoms with Gasteiger partial charge in [-0.05, 0) is 22.0 Å². The highest BCUT2D eigenvalue weighted by Crippen LogP contribution is 2.20. The van der Waals surface area contributed by atoms with Gasteiger partial charge in [-0.2, -0.15) is 0 Å². The molecule has 2 rings (SSSR count). The highest BCUT2D eigenvalue weighted by molar-refractivity contribution is 9.10. The van der Waals surface area contributed by atoms with Gasteiger partial charge in [0.05, 0.1) is 17.1 Å². The first-order valence-corrected chi connectivity index (χ1v) is 8.37. The van der Waals surface area contributed by atoms with Crippen LogP contribution in [0.5, 0.6) is 0 Å². The lowest BCUT2D eigenvalue weighted by Gasteiger charge is -2.27. The Morgan fingerprint density at radius 2 is 2.05 bits per heavy atom. The van der Waals surface area contributed by atoms with E-state index in [0.717, 1.165) is 0 Å². The van der Waals surface area contributed by atoms with Crippen LogP contribution in [0.2, 0.25) is 0 Å². The molecule has 0 bridgehead atoms. The molecule has 0 radical (unpaired) electrons. The third-order valence-corrected chi connectivity index (χ3v) is 5.00. The second kappa shape index (κ2) is 5.46. The standard InChI is InChI=1S/C11H14BrN3O3S/c1-13-10-9(6-8(12)7-14-10)11(16)15-2-4-19(17,18)5-3-15/h6-7H,2-5H2,1H3,(H,13,14). The number of hydrogen-bond acceptors (Lipinski definition) is 5. The molecule has 0 saturated carbocycles. The minimum atomic E-state index is -2.99. The molecule has 104 valence electrons. The van der Waals surface area contributed by atoms with E-state index in [1.54, 1.807) is 24.2 Å². The Bertz CT molecular complexity index is 589. The molecule has 1 amide bonds. The van der Waals surface area contributed by atoms with E-state index in [4.69, 9.17) is 0 Å². The highest BCUT2D eigenvalue weighted by atomic mass is 79.9. The third kappa shape index (κ3) is 3.24. The van der Waals surface area contributed by atoms with Crippen LogP contribution >= 0.6 is 15.9 Å². The van der Waals surface area contributed by atoms with Gasteiger partial charge in [-0.3, -0.25) is 4.79 Å². The van der Waals surface area contributed by atoms with Gasteiger partial charge in [0.2, 0.25) is 0 Å². The number of rotatable bonds is 2. The monoisotopic (exact) mass is 347 g/mol. The predicted molar refractivity (Wildman–Crippen MR) is 76.0 cm³/mol. The van der Waals surface area contributed by atoms with Gasteiger partial charge < -0.3 is 10.2 Å². The molecule has 0 atom stereocenters. The van der Waals surface area contributed by atoms with Crippen molar-refractivity contribution in [2.24, 2.45) is 0 Å². The molecule has 1 aliphatic rings. The second-order valence-electron chi connectivity index (χ2n) is 4.24. The molecule has 0 spiro atoms. The molecule has 0 unspecified atom stereocenters. The lowest BCUT2D eigenvalue weighted by molar-refractivity contribution is 0.0771. The number of nitrogens with one attached hydrogen (secondary N) is 1. The predicted octanol–water partition coefficient (Wildman–Crippen LogP) is 0.756. The number of sulfone groups is 1. The Morgan fingerprint density at radius 3 is 2.63 bits per heavy atom. The van der Waals surface area contributed by atoms with Gasteiger partial charge in [-0.15, -0.1) is 0 Å². The quantitative estimate of drug-likeness (QED) is 0.854. The Hall–Kier alpha value is -1.15. The second-order valence-corrected chi connectivity index (χ2v) is 7.46. The number of carbonyl (C=O) groups excluding carboxylic acids is 1. The molecule has 8 heteroatoms. The molecule has 1 saturated heterocycles. The normalized spacial score (nSPS) is 18.1. The van der Waals surface area contributed by atoms with Gasteiger partial charge in [0, 0.05) is 30.8 Å². The number of hydrogen-bond donors (Lipinski definition) is 1. The maximum absolute atomic E-state index is 12.4. The molecule has 0 aromatic carbocycles. The zero-order valence-corrected chi connectivity index (χ0v) is 12.8. The Labute approximate surface area is 120 Å². The van der Waals surface area contributed by atoms with Crippen LogP contribution < -0.4 is 5.32 Å². The van der Waals surface area contributed by atoms with E-state index in [1.807, 2.05) is 0 Å². The summed E-state index contributed by atoms with van der Waals surface area (Å²) in [4.78, 5) is 18.0. The summed E-state index contributed by atoms with van der Waals surface area (Å²) in [5.74, 6) is 0.332. The van der Waals surface area contributed by atoms with Crippen LogP contribution in [0.25, 0.3) is 0 Å². The molecule has 0 aliphatic carbocycles. The maximum Gasteiger partial charge on any atom is 0.257 e. The lowest BCUT2D eigenvalue weighted by atomic mass is 10.2. The van der Waals surface area contributed by atoms with Gasteiger partial charge >= 0.3 is 0 Å². The SMILES string of the molecule is CNc1ncc(Br)cc1C(=O)N1CCS(=O)(=O)CC1. The summed E-state index contributed by atoms with van der Waals surface area (Å²) in [5.41, 5.74) is 0.441. The minimum absolute atomic E-state index is 0.0229. The summed E-state index contributed by atoms with van der Waals surface area (Å²) in [6.07, 6.45) is 1.60. The van der Waals surface area contributed by atoms with Crippen molar-refractivity contribution >= 4 is 37.5 Å². The number of pyridine rings is 1. The van der Waals surface area contributed by atoms with E-state index in [-0.39, 0.29) is 30.5 Å². The fourth-order valence-electron chi connectivity index (χ4n) is 1.89. The number of nitrogens with zero attached hydrogens (tertiary/aromatic N) is 2. The van der Waals surface area contributed by atoms with Crippen LogP contribution in [0.15, 0.2) is 16.7 Å². The zero-order valence-electron chi connectivity index (χ0n) is 10.4. The van der Waals surface area contributed by atoms with Gasteiger partial charge in [-0.25, -0.2) is 13.4 Å². The molecule has 1 fully saturated rings. The molecule has 6 nitrogen and oxygen atoms in total. The summed E-state index contributed by atoms with van der Waals surface area (Å²) in [6, 6.07) is 1.68. The smallest absolute Gasteiger partial charge is 0.257 e. The van der Waals surface area contributed by atoms with E-state index >= 15 is 0 Å². The Morgan fingerprint density at radius 1 is 1.42 bits per heavy atom. The number of carbonyl (C=O) groups is 1. The highest BCUT2D eigenvalue weighted by Gasteiger charge is 2.27. The van der Waals surface area contributed by atoms with Gasteiger partial charge in [0.25, 0.3) is 5.91 Å². The van der Waals surface area contributed by atoms with Crippen molar-refractivity contribution in [1.82, 2.24) is 9.88 Å². The maximum atomic E-state index is 12.4. The molecule has 1 aromatic rings. The lowest BCUT2D eigenvalue weighted by Crippen LogP contribution is -2.43. The number of anilines is 1. The summed E-state index contributed by atoms with van der Waals surface area (Å²) in [7, 11) is -1.30. The van der Waals surface area contributed by atoms with E-state index in [0.29, 0.717) is 15.9 Å². The first kappa shape index (κ1) is 14.3. The van der Waals surface area contributed by atoms with Crippen molar-refractivity contribution in [3.63, 3.8) is 0 Å². The summed E-state index contributed by atoms with van der Waals surface area (Å²) in [5, 5.41) is 2.86. The molecular formula is C11H14BrN3O3S. The largest absolute Gasteiger partial charge is 0.372 e. The van der Waals surface area contributed by atoms with Crippen molar-refractivity contribution < 1.29 is 13.2 Å². The minimum Gasteiger partial charge on any atom is -0.372 e. The average molecular weight is 348 g/mol. The summed E-state index contributed by atoms with van der Waals surface area (Å²) < 4.78 is 23.4. The van der Waals surface area contributed by atoms with E-state index < -0.39 is 9.84 Å². The van der Waals surface area contributed by atoms with Gasteiger partial charge in [0.15, 0.2) is 9.84 Å². The van der Waals surface area contributed by atoms with E-state index in [9.17, 15) is 13.2 Å². The zero-order chi connectivity index (χ0) is 14.0. The average Bonchev–Trinajstić information content (AvgIpc) is 2.38. The summed E-state index contributed by atoms with van der Waals surface area (Å²) >= 11 is 3.28. The Kier molecular flexibility index (Phi) is 4.10. The van der Waals surface area contributed by atoms with Crippen LogP contribution in [-0.4, -0.2) is 55.9 Å².